The number of nitrogens with one attached hydrogen (secondary N) is 2. The van der Waals surface area contributed by atoms with E-state index in [-0.39, 0.29) is 30.2 Å². The number of amides is 2. The van der Waals surface area contributed by atoms with Crippen LogP contribution in [0.25, 0.3) is 0 Å². The van der Waals surface area contributed by atoms with Crippen molar-refractivity contribution in [2.45, 2.75) is 6.18 Å². The van der Waals surface area contributed by atoms with Gasteiger partial charge >= 0.3 is 6.18 Å². The molecule has 0 spiro atoms. The monoisotopic (exact) mass is 368 g/mol. The first kappa shape index (κ1) is 19.1. The average molecular weight is 368 g/mol. The summed E-state index contributed by atoms with van der Waals surface area (Å²) in [6, 6.07) is 7.69. The number of alkyl halides is 3. The first-order valence-corrected chi connectivity index (χ1v) is 7.44. The maximum absolute atomic E-state index is 12.9. The van der Waals surface area contributed by atoms with Crippen molar-refractivity contribution < 1.29 is 33.0 Å². The van der Waals surface area contributed by atoms with Crippen molar-refractivity contribution in [1.29, 1.82) is 0 Å². The van der Waals surface area contributed by atoms with Gasteiger partial charge in [0.25, 0.3) is 11.8 Å². The standard InChI is InChI=1S/C17H15F3N2O4/c18-17(19,20)14-4-2-1-3-13(14)16(26)22-6-5-21-15(25)10-7-11(23)9-12(24)8-10/h1-4,7-9,23-24H,5-6H2,(H,21,25)(H,22,26). The highest BCUT2D eigenvalue weighted by atomic mass is 19.4. The second-order valence-electron chi connectivity index (χ2n) is 5.29. The fourth-order valence-corrected chi connectivity index (χ4v) is 2.20. The Labute approximate surface area is 146 Å². The summed E-state index contributed by atoms with van der Waals surface area (Å²) in [5, 5.41) is 23.3. The molecule has 6 nitrogen and oxygen atoms in total. The minimum atomic E-state index is -4.65. The Kier molecular flexibility index (Phi) is 5.71. The van der Waals surface area contributed by atoms with Gasteiger partial charge in [-0.1, -0.05) is 12.1 Å². The highest BCUT2D eigenvalue weighted by Gasteiger charge is 2.34. The lowest BCUT2D eigenvalue weighted by molar-refractivity contribution is -0.137. The van der Waals surface area contributed by atoms with Gasteiger partial charge in [0.15, 0.2) is 0 Å². The quantitative estimate of drug-likeness (QED) is 0.609. The van der Waals surface area contributed by atoms with Crippen LogP contribution in [0.4, 0.5) is 13.2 Å². The maximum Gasteiger partial charge on any atom is 0.417 e. The molecule has 0 saturated carbocycles. The lowest BCUT2D eigenvalue weighted by atomic mass is 10.1. The Morgan fingerprint density at radius 2 is 1.42 bits per heavy atom. The van der Waals surface area contributed by atoms with E-state index in [2.05, 4.69) is 10.6 Å². The van der Waals surface area contributed by atoms with Gasteiger partial charge in [-0.2, -0.15) is 13.2 Å². The Morgan fingerprint density at radius 1 is 0.885 bits per heavy atom. The molecule has 26 heavy (non-hydrogen) atoms. The van der Waals surface area contributed by atoms with Crippen LogP contribution in [0, 0.1) is 0 Å². The number of benzene rings is 2. The van der Waals surface area contributed by atoms with Gasteiger partial charge in [0, 0.05) is 24.7 Å². The van der Waals surface area contributed by atoms with Crippen LogP contribution in [0.2, 0.25) is 0 Å². The third-order valence-electron chi connectivity index (χ3n) is 3.34. The molecule has 0 bridgehead atoms. The van der Waals surface area contributed by atoms with E-state index in [1.165, 1.54) is 12.1 Å². The highest BCUT2D eigenvalue weighted by molar-refractivity contribution is 5.96. The summed E-state index contributed by atoms with van der Waals surface area (Å²) in [6.45, 7) is -0.170. The zero-order valence-corrected chi connectivity index (χ0v) is 13.3. The van der Waals surface area contributed by atoms with Crippen LogP contribution in [-0.2, 0) is 6.18 Å². The molecule has 0 radical (unpaired) electrons. The third kappa shape index (κ3) is 4.88. The molecule has 2 aromatic rings. The van der Waals surface area contributed by atoms with Gasteiger partial charge in [-0.25, -0.2) is 0 Å². The zero-order chi connectivity index (χ0) is 19.3. The van der Waals surface area contributed by atoms with E-state index in [0.29, 0.717) is 0 Å². The SMILES string of the molecule is O=C(NCCNC(=O)c1ccccc1C(F)(F)F)c1cc(O)cc(O)c1. The number of phenolic OH excluding ortho intramolecular Hbond substituents is 2. The van der Waals surface area contributed by atoms with Crippen molar-refractivity contribution in [1.82, 2.24) is 10.6 Å². The maximum atomic E-state index is 12.9. The Morgan fingerprint density at radius 3 is 2.00 bits per heavy atom. The van der Waals surface area contributed by atoms with E-state index in [9.17, 15) is 33.0 Å². The molecule has 9 heteroatoms. The molecule has 0 aliphatic heterocycles. The van der Waals surface area contributed by atoms with Crippen LogP contribution in [-0.4, -0.2) is 35.1 Å². The second kappa shape index (κ2) is 7.77. The number of hydrogen-bond donors (Lipinski definition) is 4. The lowest BCUT2D eigenvalue weighted by Crippen LogP contribution is -2.35. The molecule has 2 amide bonds. The van der Waals surface area contributed by atoms with Crippen molar-refractivity contribution >= 4 is 11.8 Å². The molecule has 0 aliphatic carbocycles. The first-order chi connectivity index (χ1) is 12.2. The summed E-state index contributed by atoms with van der Waals surface area (Å²) < 4.78 is 38.6. The van der Waals surface area contributed by atoms with Crippen molar-refractivity contribution in [3.8, 4) is 11.5 Å². The number of rotatable bonds is 5. The van der Waals surface area contributed by atoms with E-state index in [4.69, 9.17) is 0 Å². The van der Waals surface area contributed by atoms with E-state index < -0.39 is 29.1 Å². The first-order valence-electron chi connectivity index (χ1n) is 7.44. The molecule has 2 aromatic carbocycles. The van der Waals surface area contributed by atoms with E-state index >= 15 is 0 Å². The fourth-order valence-electron chi connectivity index (χ4n) is 2.20. The normalized spacial score (nSPS) is 11.0. The summed E-state index contributed by atoms with van der Waals surface area (Å²) >= 11 is 0. The number of carbonyl (C=O) groups excluding carboxylic acids is 2. The number of carbonyl (C=O) groups is 2. The molecule has 0 saturated heterocycles. The summed E-state index contributed by atoms with van der Waals surface area (Å²) in [6.07, 6.45) is -4.65. The van der Waals surface area contributed by atoms with E-state index in [1.54, 1.807) is 0 Å². The average Bonchev–Trinajstić information content (AvgIpc) is 2.56. The van der Waals surface area contributed by atoms with Crippen LogP contribution in [0.1, 0.15) is 26.3 Å². The summed E-state index contributed by atoms with van der Waals surface area (Å²) in [5.41, 5.74) is -1.56. The van der Waals surface area contributed by atoms with Crippen LogP contribution >= 0.6 is 0 Å². The molecular formula is C17H15F3N2O4. The minimum absolute atomic E-state index is 0.00348. The van der Waals surface area contributed by atoms with Gasteiger partial charge in [-0.15, -0.1) is 0 Å². The van der Waals surface area contributed by atoms with Crippen LogP contribution in [0.3, 0.4) is 0 Å². The lowest BCUT2D eigenvalue weighted by Gasteiger charge is -2.13. The largest absolute Gasteiger partial charge is 0.508 e. The van der Waals surface area contributed by atoms with Gasteiger partial charge in [0.1, 0.15) is 11.5 Å². The Bertz CT molecular complexity index is 802. The zero-order valence-electron chi connectivity index (χ0n) is 13.3. The third-order valence-corrected chi connectivity index (χ3v) is 3.34. The van der Waals surface area contributed by atoms with E-state index in [0.717, 1.165) is 30.3 Å². The second-order valence-corrected chi connectivity index (χ2v) is 5.29. The fraction of sp³-hybridized carbons (Fsp3) is 0.176. The molecule has 138 valence electrons. The molecule has 0 aliphatic rings. The molecule has 0 heterocycles. The summed E-state index contributed by atoms with van der Waals surface area (Å²) in [7, 11) is 0. The molecule has 0 atom stereocenters. The van der Waals surface area contributed by atoms with Crippen LogP contribution < -0.4 is 10.6 Å². The van der Waals surface area contributed by atoms with Gasteiger partial charge in [-0.3, -0.25) is 9.59 Å². The minimum Gasteiger partial charge on any atom is -0.508 e. The van der Waals surface area contributed by atoms with Gasteiger partial charge in [-0.05, 0) is 24.3 Å². The smallest absolute Gasteiger partial charge is 0.417 e. The molecule has 0 unspecified atom stereocenters. The Hall–Kier alpha value is -3.23. The highest BCUT2D eigenvalue weighted by Crippen LogP contribution is 2.31. The summed E-state index contributed by atoms with van der Waals surface area (Å²) in [4.78, 5) is 23.8. The number of phenols is 2. The van der Waals surface area contributed by atoms with Crippen molar-refractivity contribution in [2.75, 3.05) is 13.1 Å². The van der Waals surface area contributed by atoms with Crippen molar-refractivity contribution in [3.05, 3.63) is 59.2 Å². The topological polar surface area (TPSA) is 98.7 Å². The molecule has 0 fully saturated rings. The van der Waals surface area contributed by atoms with Gasteiger partial charge in [0.05, 0.1) is 11.1 Å². The van der Waals surface area contributed by atoms with Crippen molar-refractivity contribution in [2.24, 2.45) is 0 Å². The number of halogens is 3. The van der Waals surface area contributed by atoms with Gasteiger partial charge < -0.3 is 20.8 Å². The molecule has 4 N–H and O–H groups in total. The van der Waals surface area contributed by atoms with Gasteiger partial charge in [0.2, 0.25) is 0 Å². The summed E-state index contributed by atoms with van der Waals surface area (Å²) in [5.74, 6) is -2.14. The van der Waals surface area contributed by atoms with Crippen molar-refractivity contribution in [3.63, 3.8) is 0 Å². The predicted octanol–water partition coefficient (Wildman–Crippen LogP) is 2.28. The number of aromatic hydroxyl groups is 2. The van der Waals surface area contributed by atoms with Crippen LogP contribution in [0.5, 0.6) is 11.5 Å². The molecule has 0 aromatic heterocycles. The Balaban J connectivity index is 1.90. The van der Waals surface area contributed by atoms with Crippen LogP contribution in [0.15, 0.2) is 42.5 Å². The van der Waals surface area contributed by atoms with E-state index in [1.807, 2.05) is 0 Å². The molecular weight excluding hydrogens is 353 g/mol. The predicted molar refractivity (Wildman–Crippen MR) is 85.9 cm³/mol. The molecule has 2 rings (SSSR count). The number of hydrogen-bond acceptors (Lipinski definition) is 4.